The highest BCUT2D eigenvalue weighted by Crippen LogP contribution is 2.19. The number of rotatable bonds is 6. The molecule has 0 aliphatic rings. The van der Waals surface area contributed by atoms with Crippen LogP contribution in [0.2, 0.25) is 5.15 Å². The molecular formula is C18H22ClN3O3. The van der Waals surface area contributed by atoms with Gasteiger partial charge in [0.15, 0.2) is 6.61 Å². The molecule has 2 aromatic rings. The van der Waals surface area contributed by atoms with Gasteiger partial charge in [0.25, 0.3) is 5.91 Å². The van der Waals surface area contributed by atoms with Crippen molar-refractivity contribution >= 4 is 23.5 Å². The molecule has 0 saturated carbocycles. The number of amides is 1. The van der Waals surface area contributed by atoms with E-state index in [1.54, 1.807) is 18.9 Å². The van der Waals surface area contributed by atoms with Crippen LogP contribution in [0.4, 0.5) is 0 Å². The molecule has 1 amide bonds. The van der Waals surface area contributed by atoms with Gasteiger partial charge in [0.1, 0.15) is 10.7 Å². The number of aromatic nitrogens is 2. The van der Waals surface area contributed by atoms with Gasteiger partial charge in [-0.05, 0) is 26.3 Å². The number of carbonyl (C=O) groups excluding carboxylic acids is 2. The first-order valence-corrected chi connectivity index (χ1v) is 8.38. The van der Waals surface area contributed by atoms with Gasteiger partial charge in [-0.25, -0.2) is 4.79 Å². The molecule has 1 aromatic carbocycles. The van der Waals surface area contributed by atoms with E-state index >= 15 is 0 Å². The van der Waals surface area contributed by atoms with Crippen LogP contribution in [0, 0.1) is 6.92 Å². The second kappa shape index (κ2) is 8.16. The highest BCUT2D eigenvalue weighted by atomic mass is 35.5. The standard InChI is InChI=1S/C18H22ClN3O3/c1-12(2)22(10-14-8-6-5-7-9-14)15(23)11-25-18(24)16-13(3)20-21(4)17(16)19/h5-9,12H,10-11H2,1-4H3. The lowest BCUT2D eigenvalue weighted by atomic mass is 10.2. The summed E-state index contributed by atoms with van der Waals surface area (Å²) in [6.45, 7) is 5.63. The fourth-order valence-corrected chi connectivity index (χ4v) is 2.73. The van der Waals surface area contributed by atoms with E-state index in [1.165, 1.54) is 4.68 Å². The Kier molecular flexibility index (Phi) is 6.20. The van der Waals surface area contributed by atoms with E-state index in [4.69, 9.17) is 16.3 Å². The van der Waals surface area contributed by atoms with Crippen molar-refractivity contribution in [1.29, 1.82) is 0 Å². The van der Waals surface area contributed by atoms with E-state index in [2.05, 4.69) is 5.10 Å². The van der Waals surface area contributed by atoms with Crippen molar-refractivity contribution in [3.05, 3.63) is 52.3 Å². The SMILES string of the molecule is Cc1nn(C)c(Cl)c1C(=O)OCC(=O)N(Cc1ccccc1)C(C)C. The fourth-order valence-electron chi connectivity index (χ4n) is 2.48. The molecule has 0 aliphatic carbocycles. The van der Waals surface area contributed by atoms with Gasteiger partial charge in [-0.3, -0.25) is 9.48 Å². The van der Waals surface area contributed by atoms with Crippen molar-refractivity contribution in [2.24, 2.45) is 7.05 Å². The molecule has 0 N–H and O–H groups in total. The molecule has 0 saturated heterocycles. The molecule has 0 aliphatic heterocycles. The van der Waals surface area contributed by atoms with E-state index < -0.39 is 5.97 Å². The number of aryl methyl sites for hydroxylation is 2. The summed E-state index contributed by atoms with van der Waals surface area (Å²) >= 11 is 6.05. The van der Waals surface area contributed by atoms with Crippen LogP contribution >= 0.6 is 11.6 Å². The molecule has 25 heavy (non-hydrogen) atoms. The quantitative estimate of drug-likeness (QED) is 0.740. The summed E-state index contributed by atoms with van der Waals surface area (Å²) in [5.41, 5.74) is 1.67. The van der Waals surface area contributed by atoms with Crippen molar-refractivity contribution in [3.63, 3.8) is 0 Å². The van der Waals surface area contributed by atoms with Crippen molar-refractivity contribution in [2.75, 3.05) is 6.61 Å². The smallest absolute Gasteiger partial charge is 0.343 e. The lowest BCUT2D eigenvalue weighted by Gasteiger charge is -2.26. The first-order valence-electron chi connectivity index (χ1n) is 8.00. The number of carbonyl (C=O) groups is 2. The zero-order valence-corrected chi connectivity index (χ0v) is 15.6. The zero-order chi connectivity index (χ0) is 18.6. The van der Waals surface area contributed by atoms with Gasteiger partial charge in [0, 0.05) is 19.6 Å². The summed E-state index contributed by atoms with van der Waals surface area (Å²) in [5.74, 6) is -0.905. The zero-order valence-electron chi connectivity index (χ0n) is 14.8. The second-order valence-electron chi connectivity index (χ2n) is 6.05. The van der Waals surface area contributed by atoms with Crippen LogP contribution in [-0.4, -0.2) is 39.2 Å². The third kappa shape index (κ3) is 4.60. The van der Waals surface area contributed by atoms with Crippen molar-refractivity contribution in [3.8, 4) is 0 Å². The molecule has 7 heteroatoms. The summed E-state index contributed by atoms with van der Waals surface area (Å²) in [6.07, 6.45) is 0. The molecule has 1 heterocycles. The van der Waals surface area contributed by atoms with Crippen molar-refractivity contribution < 1.29 is 14.3 Å². The normalized spacial score (nSPS) is 10.8. The Labute approximate surface area is 152 Å². The second-order valence-corrected chi connectivity index (χ2v) is 6.41. The molecule has 0 fully saturated rings. The van der Waals surface area contributed by atoms with Crippen LogP contribution in [0.15, 0.2) is 30.3 Å². The highest BCUT2D eigenvalue weighted by Gasteiger charge is 2.23. The molecule has 0 atom stereocenters. The third-order valence-corrected chi connectivity index (χ3v) is 4.26. The van der Waals surface area contributed by atoms with E-state index in [9.17, 15) is 9.59 Å². The fraction of sp³-hybridized carbons (Fsp3) is 0.389. The predicted molar refractivity (Wildman–Crippen MR) is 95.4 cm³/mol. The lowest BCUT2D eigenvalue weighted by Crippen LogP contribution is -2.39. The Morgan fingerprint density at radius 1 is 1.28 bits per heavy atom. The van der Waals surface area contributed by atoms with E-state index in [-0.39, 0.29) is 29.3 Å². The average Bonchev–Trinajstić information content (AvgIpc) is 2.83. The van der Waals surface area contributed by atoms with Gasteiger partial charge in [0.05, 0.1) is 5.69 Å². The van der Waals surface area contributed by atoms with Crippen LogP contribution in [-0.2, 0) is 23.1 Å². The lowest BCUT2D eigenvalue weighted by molar-refractivity contribution is -0.136. The monoisotopic (exact) mass is 363 g/mol. The van der Waals surface area contributed by atoms with Crippen LogP contribution in [0.1, 0.15) is 35.5 Å². The number of ether oxygens (including phenoxy) is 1. The molecular weight excluding hydrogens is 342 g/mol. The number of hydrogen-bond acceptors (Lipinski definition) is 4. The number of nitrogens with zero attached hydrogens (tertiary/aromatic N) is 3. The summed E-state index contributed by atoms with van der Waals surface area (Å²) in [5, 5.41) is 4.26. The van der Waals surface area contributed by atoms with Gasteiger partial charge >= 0.3 is 5.97 Å². The Balaban J connectivity index is 2.02. The van der Waals surface area contributed by atoms with Crippen molar-refractivity contribution in [2.45, 2.75) is 33.4 Å². The average molecular weight is 364 g/mol. The van der Waals surface area contributed by atoms with Gasteiger partial charge in [-0.2, -0.15) is 5.10 Å². The summed E-state index contributed by atoms with van der Waals surface area (Å²) in [4.78, 5) is 26.4. The molecule has 1 aromatic heterocycles. The van der Waals surface area contributed by atoms with E-state index in [1.807, 2.05) is 44.2 Å². The van der Waals surface area contributed by atoms with Gasteiger partial charge in [0.2, 0.25) is 0 Å². The van der Waals surface area contributed by atoms with Gasteiger partial charge < -0.3 is 9.64 Å². The number of benzene rings is 1. The number of halogens is 1. The number of esters is 1. The molecule has 0 bridgehead atoms. The summed E-state index contributed by atoms with van der Waals surface area (Å²) in [7, 11) is 1.64. The van der Waals surface area contributed by atoms with Crippen LogP contribution in [0.25, 0.3) is 0 Å². The molecule has 6 nitrogen and oxygen atoms in total. The maximum absolute atomic E-state index is 12.5. The minimum absolute atomic E-state index is 0.0184. The third-order valence-electron chi connectivity index (χ3n) is 3.82. The molecule has 134 valence electrons. The minimum Gasteiger partial charge on any atom is -0.452 e. The minimum atomic E-state index is -0.646. The molecule has 0 radical (unpaired) electrons. The Morgan fingerprint density at radius 2 is 1.92 bits per heavy atom. The Hall–Kier alpha value is -2.34. The maximum atomic E-state index is 12.5. The maximum Gasteiger partial charge on any atom is 0.343 e. The molecule has 0 unspecified atom stereocenters. The van der Waals surface area contributed by atoms with Gasteiger partial charge in [-0.15, -0.1) is 0 Å². The van der Waals surface area contributed by atoms with Gasteiger partial charge in [-0.1, -0.05) is 41.9 Å². The largest absolute Gasteiger partial charge is 0.452 e. The molecule has 0 spiro atoms. The van der Waals surface area contributed by atoms with Crippen molar-refractivity contribution in [1.82, 2.24) is 14.7 Å². The molecule has 2 rings (SSSR count). The highest BCUT2D eigenvalue weighted by molar-refractivity contribution is 6.32. The Bertz CT molecular complexity index is 756. The first-order chi connectivity index (χ1) is 11.8. The topological polar surface area (TPSA) is 64.4 Å². The van der Waals surface area contributed by atoms with Crippen LogP contribution < -0.4 is 0 Å². The van der Waals surface area contributed by atoms with Crippen LogP contribution in [0.3, 0.4) is 0 Å². The van der Waals surface area contributed by atoms with Crippen LogP contribution in [0.5, 0.6) is 0 Å². The first kappa shape index (κ1) is 19.0. The van der Waals surface area contributed by atoms with E-state index in [0.717, 1.165) is 5.56 Å². The summed E-state index contributed by atoms with van der Waals surface area (Å²) in [6, 6.07) is 9.65. The Morgan fingerprint density at radius 3 is 2.44 bits per heavy atom. The predicted octanol–water partition coefficient (Wildman–Crippen LogP) is 2.98. The van der Waals surface area contributed by atoms with E-state index in [0.29, 0.717) is 12.2 Å². The number of hydrogen-bond donors (Lipinski definition) is 0. The summed E-state index contributed by atoms with van der Waals surface area (Å²) < 4.78 is 6.56.